The highest BCUT2D eigenvalue weighted by Crippen LogP contribution is 2.38. The number of alkyl halides is 3. The van der Waals surface area contributed by atoms with Crippen molar-refractivity contribution in [1.82, 2.24) is 19.5 Å². The maximum Gasteiger partial charge on any atom is 0.419 e. The molecule has 0 saturated carbocycles. The maximum absolute atomic E-state index is 13.3. The molecule has 37 heavy (non-hydrogen) atoms. The van der Waals surface area contributed by atoms with Crippen LogP contribution in [0.1, 0.15) is 35.7 Å². The van der Waals surface area contributed by atoms with Gasteiger partial charge in [-0.1, -0.05) is 37.6 Å². The fourth-order valence-electron chi connectivity index (χ4n) is 3.62. The minimum Gasteiger partial charge on any atom is -0.331 e. The van der Waals surface area contributed by atoms with E-state index in [1.54, 1.807) is 24.4 Å². The Bertz CT molecular complexity index is 1510. The van der Waals surface area contributed by atoms with Crippen LogP contribution in [0.4, 0.5) is 19.1 Å². The third-order valence-corrected chi connectivity index (χ3v) is 8.81. The van der Waals surface area contributed by atoms with Gasteiger partial charge in [0.25, 0.3) is 10.0 Å². The first kappa shape index (κ1) is 27.1. The second-order valence-corrected chi connectivity index (χ2v) is 12.2. The Morgan fingerprint density at radius 2 is 1.84 bits per heavy atom. The van der Waals surface area contributed by atoms with Crippen molar-refractivity contribution in [3.63, 3.8) is 0 Å². The Morgan fingerprint density at radius 3 is 2.41 bits per heavy atom. The number of hydrogen-bond acceptors (Lipinski definition) is 6. The zero-order chi connectivity index (χ0) is 27.0. The first-order valence-electron chi connectivity index (χ1n) is 11.1. The van der Waals surface area contributed by atoms with Gasteiger partial charge in [0.15, 0.2) is 0 Å². The molecule has 1 aromatic carbocycles. The number of aromatic nitrogens is 4. The van der Waals surface area contributed by atoms with Gasteiger partial charge in [-0.3, -0.25) is 0 Å². The number of halogens is 4. The summed E-state index contributed by atoms with van der Waals surface area (Å²) in [4.78, 5) is 12.1. The van der Waals surface area contributed by atoms with Gasteiger partial charge in [-0.05, 0) is 42.5 Å². The lowest BCUT2D eigenvalue weighted by molar-refractivity contribution is -0.138. The zero-order valence-corrected chi connectivity index (χ0v) is 22.4. The summed E-state index contributed by atoms with van der Waals surface area (Å²) in [6.07, 6.45) is 0.623. The molecule has 196 valence electrons. The van der Waals surface area contributed by atoms with Crippen molar-refractivity contribution in [3.8, 4) is 11.1 Å². The number of anilines is 1. The summed E-state index contributed by atoms with van der Waals surface area (Å²) < 4.78 is 69.3. The maximum atomic E-state index is 13.3. The van der Waals surface area contributed by atoms with Crippen molar-refractivity contribution in [2.45, 2.75) is 44.1 Å². The van der Waals surface area contributed by atoms with Crippen LogP contribution < -0.4 is 4.72 Å². The monoisotopic (exact) mass is 569 g/mol. The summed E-state index contributed by atoms with van der Waals surface area (Å²) in [7, 11) is -4.22. The quantitative estimate of drug-likeness (QED) is 0.264. The topological polar surface area (TPSA) is 89.8 Å². The van der Waals surface area contributed by atoms with Gasteiger partial charge < -0.3 is 4.57 Å². The van der Waals surface area contributed by atoms with Crippen molar-refractivity contribution >= 4 is 38.9 Å². The van der Waals surface area contributed by atoms with Gasteiger partial charge in [0.05, 0.1) is 12.1 Å². The van der Waals surface area contributed by atoms with E-state index in [0.29, 0.717) is 41.5 Å². The van der Waals surface area contributed by atoms with Gasteiger partial charge in [-0.2, -0.15) is 13.2 Å². The lowest BCUT2D eigenvalue weighted by Gasteiger charge is -2.11. The number of benzene rings is 1. The van der Waals surface area contributed by atoms with E-state index in [4.69, 9.17) is 11.6 Å². The summed E-state index contributed by atoms with van der Waals surface area (Å²) in [6, 6.07) is 7.14. The molecule has 4 rings (SSSR count). The van der Waals surface area contributed by atoms with E-state index < -0.39 is 27.7 Å². The molecule has 3 aromatic heterocycles. The molecule has 3 heterocycles. The molecule has 0 aliphatic heterocycles. The van der Waals surface area contributed by atoms with Crippen LogP contribution in [0.25, 0.3) is 11.1 Å². The van der Waals surface area contributed by atoms with E-state index in [1.165, 1.54) is 0 Å². The molecule has 0 fully saturated rings. The first-order chi connectivity index (χ1) is 17.3. The molecular weight excluding hydrogens is 547 g/mol. The van der Waals surface area contributed by atoms with Gasteiger partial charge in [0, 0.05) is 40.3 Å². The molecule has 1 N–H and O–H groups in total. The first-order valence-corrected chi connectivity index (χ1v) is 13.8. The highest BCUT2D eigenvalue weighted by molar-refractivity contribution is 7.94. The number of hydrogen-bond donors (Lipinski definition) is 1. The third-order valence-electron chi connectivity index (χ3n) is 5.44. The van der Waals surface area contributed by atoms with Crippen molar-refractivity contribution in [1.29, 1.82) is 0 Å². The van der Waals surface area contributed by atoms with Crippen LogP contribution in [0.15, 0.2) is 53.3 Å². The molecule has 0 atom stereocenters. The van der Waals surface area contributed by atoms with Gasteiger partial charge >= 0.3 is 6.18 Å². The van der Waals surface area contributed by atoms with E-state index in [0.717, 1.165) is 27.6 Å². The SMILES string of the molecule is Cc1nccn1Cc1ccc(-c2cc(CC(C)C)sc2S(=O)(=O)Nc2ncc(C(F)(F)F)cn2)cc1Cl. The lowest BCUT2D eigenvalue weighted by atomic mass is 10.0. The van der Waals surface area contributed by atoms with Gasteiger partial charge in [0.2, 0.25) is 5.95 Å². The van der Waals surface area contributed by atoms with Crippen molar-refractivity contribution < 1.29 is 21.6 Å². The fraction of sp³-hybridized carbons (Fsp3) is 0.292. The Hall–Kier alpha value is -2.96. The van der Waals surface area contributed by atoms with Gasteiger partial charge in [-0.25, -0.2) is 28.1 Å². The predicted octanol–water partition coefficient (Wildman–Crippen LogP) is 6.43. The van der Waals surface area contributed by atoms with E-state index in [9.17, 15) is 21.6 Å². The van der Waals surface area contributed by atoms with Crippen LogP contribution >= 0.6 is 22.9 Å². The number of sulfonamides is 1. The van der Waals surface area contributed by atoms with Crippen molar-refractivity contribution in [2.75, 3.05) is 4.72 Å². The molecule has 0 bridgehead atoms. The van der Waals surface area contributed by atoms with Gasteiger partial charge in [0.1, 0.15) is 10.0 Å². The zero-order valence-electron chi connectivity index (χ0n) is 20.0. The summed E-state index contributed by atoms with van der Waals surface area (Å²) in [5.41, 5.74) is 0.792. The lowest BCUT2D eigenvalue weighted by Crippen LogP contribution is -2.15. The molecular formula is C24H23ClF3N5O2S2. The molecule has 0 amide bonds. The number of thiophene rings is 1. The smallest absolute Gasteiger partial charge is 0.331 e. The van der Waals surface area contributed by atoms with Crippen molar-refractivity contribution in [3.05, 3.63) is 75.9 Å². The molecule has 0 aliphatic rings. The molecule has 13 heteroatoms. The minimum atomic E-state index is -4.63. The van der Waals surface area contributed by atoms with Crippen LogP contribution in [0.5, 0.6) is 0 Å². The number of nitrogens with zero attached hydrogens (tertiary/aromatic N) is 4. The Morgan fingerprint density at radius 1 is 1.14 bits per heavy atom. The highest BCUT2D eigenvalue weighted by Gasteiger charge is 2.32. The Balaban J connectivity index is 1.69. The number of aryl methyl sites for hydroxylation is 1. The summed E-state index contributed by atoms with van der Waals surface area (Å²) in [6.45, 7) is 6.43. The molecule has 0 radical (unpaired) electrons. The minimum absolute atomic E-state index is 0.000851. The van der Waals surface area contributed by atoms with E-state index >= 15 is 0 Å². The van der Waals surface area contributed by atoms with Crippen LogP contribution in [-0.4, -0.2) is 27.9 Å². The molecule has 0 aliphatic carbocycles. The average molecular weight is 570 g/mol. The standard InChI is InChI=1S/C24H23ClF3N5O2S2/c1-14(2)8-19-10-20(16-4-5-17(21(25)9-16)13-33-7-6-29-15(33)3)22(36-19)37(34,35)32-23-30-11-18(12-31-23)24(26,27)28/h4-7,9-12,14H,8,13H2,1-3H3,(H,30,31,32). The third kappa shape index (κ3) is 6.31. The van der Waals surface area contributed by atoms with E-state index in [1.807, 2.05) is 37.6 Å². The molecule has 0 unspecified atom stereocenters. The largest absolute Gasteiger partial charge is 0.419 e. The Labute approximate surface area is 221 Å². The normalized spacial score (nSPS) is 12.3. The van der Waals surface area contributed by atoms with E-state index in [2.05, 4.69) is 19.7 Å². The number of imidazole rings is 1. The Kier molecular flexibility index (Phi) is 7.63. The average Bonchev–Trinajstić information content (AvgIpc) is 3.41. The second-order valence-electron chi connectivity index (χ2n) is 8.82. The summed E-state index contributed by atoms with van der Waals surface area (Å²) >= 11 is 7.67. The predicted molar refractivity (Wildman–Crippen MR) is 137 cm³/mol. The number of nitrogens with one attached hydrogen (secondary N) is 1. The second kappa shape index (κ2) is 10.4. The highest BCUT2D eigenvalue weighted by atomic mass is 35.5. The molecule has 4 aromatic rings. The molecule has 0 spiro atoms. The van der Waals surface area contributed by atoms with E-state index in [-0.39, 0.29) is 10.1 Å². The molecule has 7 nitrogen and oxygen atoms in total. The summed E-state index contributed by atoms with van der Waals surface area (Å²) in [5.74, 6) is 0.653. The van der Waals surface area contributed by atoms with Gasteiger partial charge in [-0.15, -0.1) is 11.3 Å². The van der Waals surface area contributed by atoms with Crippen LogP contribution in [0.3, 0.4) is 0 Å². The van der Waals surface area contributed by atoms with Crippen LogP contribution in [-0.2, 0) is 29.2 Å². The van der Waals surface area contributed by atoms with Crippen molar-refractivity contribution in [2.24, 2.45) is 5.92 Å². The van der Waals surface area contributed by atoms with Crippen LogP contribution in [0.2, 0.25) is 5.02 Å². The summed E-state index contributed by atoms with van der Waals surface area (Å²) in [5, 5.41) is 0.463. The van der Waals surface area contributed by atoms with Crippen LogP contribution in [0, 0.1) is 12.8 Å². The number of rotatable bonds is 8. The molecule has 0 saturated heterocycles. The fourth-order valence-corrected chi connectivity index (χ4v) is 6.77.